The maximum atomic E-state index is 9.16. The molecule has 2 N–H and O–H groups in total. The first-order chi connectivity index (χ1) is 7.79. The molecule has 0 saturated carbocycles. The second-order valence-corrected chi connectivity index (χ2v) is 3.66. The van der Waals surface area contributed by atoms with E-state index in [1.807, 2.05) is 42.5 Å². The lowest BCUT2D eigenvalue weighted by Gasteiger charge is -2.10. The molecule has 0 aliphatic heterocycles. The lowest BCUT2D eigenvalue weighted by atomic mass is 10.1. The summed E-state index contributed by atoms with van der Waals surface area (Å²) < 4.78 is 5.36. The summed E-state index contributed by atoms with van der Waals surface area (Å²) in [5.41, 5.74) is 0. The van der Waals surface area contributed by atoms with E-state index in [1.54, 1.807) is 0 Å². The van der Waals surface area contributed by atoms with Gasteiger partial charge >= 0.3 is 0 Å². The highest BCUT2D eigenvalue weighted by Gasteiger charge is 2.03. The highest BCUT2D eigenvalue weighted by Crippen LogP contribution is 2.20. The minimum Gasteiger partial charge on any atom is -0.491 e. The van der Waals surface area contributed by atoms with E-state index in [0.717, 1.165) is 10.8 Å². The number of aliphatic hydroxyl groups is 2. The third kappa shape index (κ3) is 2.51. The van der Waals surface area contributed by atoms with Gasteiger partial charge < -0.3 is 14.9 Å². The number of rotatable bonds is 4. The second-order valence-electron chi connectivity index (χ2n) is 3.66. The molecule has 84 valence electrons. The number of ether oxygens (including phenoxy) is 1. The number of hydrogen-bond donors (Lipinski definition) is 2. The molecule has 0 saturated heterocycles. The van der Waals surface area contributed by atoms with Gasteiger partial charge in [0.25, 0.3) is 0 Å². The zero-order valence-electron chi connectivity index (χ0n) is 8.84. The molecule has 1 atom stereocenters. The maximum Gasteiger partial charge on any atom is 0.120 e. The molecule has 0 amide bonds. The van der Waals surface area contributed by atoms with Crippen molar-refractivity contribution in [1.82, 2.24) is 0 Å². The summed E-state index contributed by atoms with van der Waals surface area (Å²) in [7, 11) is 0. The van der Waals surface area contributed by atoms with Gasteiger partial charge in [0.15, 0.2) is 0 Å². The summed E-state index contributed by atoms with van der Waals surface area (Å²) in [6, 6.07) is 13.7. The van der Waals surface area contributed by atoms with Crippen molar-refractivity contribution in [2.75, 3.05) is 13.2 Å². The molecule has 0 aromatic heterocycles. The Morgan fingerprint density at radius 3 is 2.56 bits per heavy atom. The van der Waals surface area contributed by atoms with Crippen LogP contribution in [0.25, 0.3) is 10.8 Å². The first-order valence-electron chi connectivity index (χ1n) is 5.20. The molecule has 0 fully saturated rings. The molecule has 3 heteroatoms. The van der Waals surface area contributed by atoms with E-state index in [2.05, 4.69) is 0 Å². The molecule has 3 nitrogen and oxygen atoms in total. The fourth-order valence-corrected chi connectivity index (χ4v) is 1.50. The number of hydrogen-bond acceptors (Lipinski definition) is 3. The van der Waals surface area contributed by atoms with Crippen LogP contribution in [-0.2, 0) is 0 Å². The maximum absolute atomic E-state index is 9.16. The fraction of sp³-hybridized carbons (Fsp3) is 0.231. The summed E-state index contributed by atoms with van der Waals surface area (Å²) in [6.07, 6.45) is -0.827. The third-order valence-electron chi connectivity index (χ3n) is 2.37. The van der Waals surface area contributed by atoms with Gasteiger partial charge in [0, 0.05) is 0 Å². The Bertz CT molecular complexity index is 467. The van der Waals surface area contributed by atoms with Crippen LogP contribution < -0.4 is 4.74 Å². The summed E-state index contributed by atoms with van der Waals surface area (Å²) in [5.74, 6) is 0.700. The molecule has 0 bridgehead atoms. The summed E-state index contributed by atoms with van der Waals surface area (Å²) in [4.78, 5) is 0. The van der Waals surface area contributed by atoms with Crippen LogP contribution in [0.5, 0.6) is 5.75 Å². The normalized spacial score (nSPS) is 12.6. The fourth-order valence-electron chi connectivity index (χ4n) is 1.50. The van der Waals surface area contributed by atoms with Gasteiger partial charge in [-0.3, -0.25) is 0 Å². The Morgan fingerprint density at radius 1 is 1.06 bits per heavy atom. The van der Waals surface area contributed by atoms with Crippen LogP contribution in [-0.4, -0.2) is 29.5 Å². The molecular weight excluding hydrogens is 204 g/mol. The zero-order chi connectivity index (χ0) is 11.4. The SMILES string of the molecule is OC[C@H](O)COc1ccc2ccccc2c1. The second kappa shape index (κ2) is 4.96. The van der Waals surface area contributed by atoms with E-state index >= 15 is 0 Å². The molecule has 2 rings (SSSR count). The predicted octanol–water partition coefficient (Wildman–Crippen LogP) is 1.57. The van der Waals surface area contributed by atoms with Crippen LogP contribution in [0.1, 0.15) is 0 Å². The van der Waals surface area contributed by atoms with Crippen molar-refractivity contribution in [3.05, 3.63) is 42.5 Å². The van der Waals surface area contributed by atoms with E-state index in [0.29, 0.717) is 5.75 Å². The smallest absolute Gasteiger partial charge is 0.120 e. The molecule has 0 aliphatic carbocycles. The Morgan fingerprint density at radius 2 is 1.81 bits per heavy atom. The Balaban J connectivity index is 2.13. The molecule has 2 aromatic carbocycles. The van der Waals surface area contributed by atoms with Crippen LogP contribution in [0.15, 0.2) is 42.5 Å². The van der Waals surface area contributed by atoms with Gasteiger partial charge in [-0.2, -0.15) is 0 Å². The van der Waals surface area contributed by atoms with Gasteiger partial charge in [0.1, 0.15) is 18.5 Å². The van der Waals surface area contributed by atoms with Gasteiger partial charge in [-0.25, -0.2) is 0 Å². The summed E-state index contributed by atoms with van der Waals surface area (Å²) >= 11 is 0. The zero-order valence-corrected chi connectivity index (χ0v) is 8.84. The van der Waals surface area contributed by atoms with Gasteiger partial charge in [-0.05, 0) is 22.9 Å². The molecule has 0 radical (unpaired) electrons. The van der Waals surface area contributed by atoms with Crippen molar-refractivity contribution in [1.29, 1.82) is 0 Å². The van der Waals surface area contributed by atoms with Crippen LogP contribution in [0.3, 0.4) is 0 Å². The molecule has 0 spiro atoms. The largest absolute Gasteiger partial charge is 0.491 e. The Labute approximate surface area is 93.9 Å². The quantitative estimate of drug-likeness (QED) is 0.819. The van der Waals surface area contributed by atoms with Crippen molar-refractivity contribution in [3.63, 3.8) is 0 Å². The number of aliphatic hydroxyl groups excluding tert-OH is 2. The van der Waals surface area contributed by atoms with E-state index in [9.17, 15) is 0 Å². The topological polar surface area (TPSA) is 49.7 Å². The van der Waals surface area contributed by atoms with Crippen molar-refractivity contribution in [3.8, 4) is 5.75 Å². The van der Waals surface area contributed by atoms with Crippen LogP contribution in [0, 0.1) is 0 Å². The van der Waals surface area contributed by atoms with Crippen LogP contribution in [0.4, 0.5) is 0 Å². The molecule has 16 heavy (non-hydrogen) atoms. The molecule has 2 aromatic rings. The lowest BCUT2D eigenvalue weighted by molar-refractivity contribution is 0.0536. The molecule has 0 aliphatic rings. The third-order valence-corrected chi connectivity index (χ3v) is 2.37. The number of benzene rings is 2. The van der Waals surface area contributed by atoms with Gasteiger partial charge in [-0.1, -0.05) is 30.3 Å². The Kier molecular flexibility index (Phi) is 3.39. The summed E-state index contributed by atoms with van der Waals surface area (Å²) in [5, 5.41) is 20.1. The summed E-state index contributed by atoms with van der Waals surface area (Å²) in [6.45, 7) is -0.178. The van der Waals surface area contributed by atoms with E-state index in [-0.39, 0.29) is 13.2 Å². The lowest BCUT2D eigenvalue weighted by Crippen LogP contribution is -2.21. The van der Waals surface area contributed by atoms with Crippen molar-refractivity contribution in [2.45, 2.75) is 6.10 Å². The molecule has 0 heterocycles. The highest BCUT2D eigenvalue weighted by atomic mass is 16.5. The predicted molar refractivity (Wildman–Crippen MR) is 62.5 cm³/mol. The minimum absolute atomic E-state index is 0.106. The van der Waals surface area contributed by atoms with Gasteiger partial charge in [0.2, 0.25) is 0 Å². The molecule has 0 unspecified atom stereocenters. The first-order valence-corrected chi connectivity index (χ1v) is 5.20. The Hall–Kier alpha value is -1.58. The van der Waals surface area contributed by atoms with Gasteiger partial charge in [0.05, 0.1) is 6.61 Å². The van der Waals surface area contributed by atoms with Crippen LogP contribution >= 0.6 is 0 Å². The van der Waals surface area contributed by atoms with E-state index in [1.165, 1.54) is 0 Å². The monoisotopic (exact) mass is 218 g/mol. The average molecular weight is 218 g/mol. The van der Waals surface area contributed by atoms with E-state index in [4.69, 9.17) is 14.9 Å². The molecular formula is C13H14O3. The standard InChI is InChI=1S/C13H14O3/c14-8-12(15)9-16-13-6-5-10-3-1-2-4-11(10)7-13/h1-7,12,14-15H,8-9H2/t12-/m0/s1. The van der Waals surface area contributed by atoms with Crippen molar-refractivity contribution in [2.24, 2.45) is 0 Å². The highest BCUT2D eigenvalue weighted by molar-refractivity contribution is 5.83. The van der Waals surface area contributed by atoms with Crippen LogP contribution in [0.2, 0.25) is 0 Å². The van der Waals surface area contributed by atoms with Crippen molar-refractivity contribution >= 4 is 10.8 Å². The van der Waals surface area contributed by atoms with E-state index < -0.39 is 6.10 Å². The number of fused-ring (bicyclic) bond motifs is 1. The first kappa shape index (κ1) is 10.9. The average Bonchev–Trinajstić information content (AvgIpc) is 2.35. The van der Waals surface area contributed by atoms with Gasteiger partial charge in [-0.15, -0.1) is 0 Å². The van der Waals surface area contributed by atoms with Crippen molar-refractivity contribution < 1.29 is 14.9 Å². The minimum atomic E-state index is -0.827.